The third-order valence-electron chi connectivity index (χ3n) is 3.15. The second-order valence-electron chi connectivity index (χ2n) is 4.31. The van der Waals surface area contributed by atoms with Gasteiger partial charge in [0.15, 0.2) is 0 Å². The molecule has 20 heavy (non-hydrogen) atoms. The van der Waals surface area contributed by atoms with Crippen LogP contribution >= 0.6 is 45.2 Å². The van der Waals surface area contributed by atoms with Gasteiger partial charge in [0.2, 0.25) is 0 Å². The van der Waals surface area contributed by atoms with Gasteiger partial charge < -0.3 is 4.55 Å². The van der Waals surface area contributed by atoms with E-state index in [9.17, 15) is 13.0 Å². The summed E-state index contributed by atoms with van der Waals surface area (Å²) >= 11 is 4.31. The van der Waals surface area contributed by atoms with Gasteiger partial charge in [-0.1, -0.05) is 36.4 Å². The minimum Gasteiger partial charge on any atom is -0.744 e. The summed E-state index contributed by atoms with van der Waals surface area (Å²) in [5, 5.41) is 3.34. The maximum Gasteiger partial charge on any atom is 0.125 e. The summed E-state index contributed by atoms with van der Waals surface area (Å²) in [6, 6.07) is 12.6. The van der Waals surface area contributed by atoms with E-state index >= 15 is 0 Å². The first-order valence-electron chi connectivity index (χ1n) is 5.65. The highest BCUT2D eigenvalue weighted by molar-refractivity contribution is 14.1. The van der Waals surface area contributed by atoms with Gasteiger partial charge in [0.1, 0.15) is 10.1 Å². The molecule has 102 valence electrons. The van der Waals surface area contributed by atoms with Crippen molar-refractivity contribution in [2.45, 2.75) is 4.90 Å². The largest absolute Gasteiger partial charge is 0.744 e. The van der Waals surface area contributed by atoms with Crippen molar-refractivity contribution in [3.8, 4) is 0 Å². The Labute approximate surface area is 143 Å². The van der Waals surface area contributed by atoms with E-state index in [1.165, 1.54) is 6.07 Å². The van der Waals surface area contributed by atoms with Crippen molar-refractivity contribution < 1.29 is 13.0 Å². The lowest BCUT2D eigenvalue weighted by Crippen LogP contribution is -2.01. The Bertz CT molecular complexity index is 949. The molecule has 0 N–H and O–H groups in total. The van der Waals surface area contributed by atoms with Crippen molar-refractivity contribution in [2.75, 3.05) is 0 Å². The smallest absolute Gasteiger partial charge is 0.125 e. The average molecular weight is 509 g/mol. The van der Waals surface area contributed by atoms with Gasteiger partial charge in [0.25, 0.3) is 0 Å². The first kappa shape index (κ1) is 14.5. The van der Waals surface area contributed by atoms with Crippen LogP contribution in [0.1, 0.15) is 0 Å². The van der Waals surface area contributed by atoms with Crippen molar-refractivity contribution in [3.05, 3.63) is 49.6 Å². The highest BCUT2D eigenvalue weighted by Crippen LogP contribution is 2.37. The molecule has 0 aliphatic rings. The van der Waals surface area contributed by atoms with Crippen LogP contribution in [0.15, 0.2) is 47.4 Å². The number of hydrogen-bond acceptors (Lipinski definition) is 3. The monoisotopic (exact) mass is 509 g/mol. The Balaban J connectivity index is 2.68. The van der Waals surface area contributed by atoms with Crippen LogP contribution in [0.25, 0.3) is 21.5 Å². The molecule has 0 aliphatic heterocycles. The molecule has 0 bridgehead atoms. The molecule has 0 aromatic heterocycles. The SMILES string of the molecule is O=S(=O)([O-])c1cccc2c(I)c3ccccc3c(I)c12. The number of rotatable bonds is 1. The van der Waals surface area contributed by atoms with E-state index in [-0.39, 0.29) is 4.90 Å². The van der Waals surface area contributed by atoms with Crippen LogP contribution in [0.2, 0.25) is 0 Å². The van der Waals surface area contributed by atoms with Crippen LogP contribution in [0.5, 0.6) is 0 Å². The van der Waals surface area contributed by atoms with E-state index in [4.69, 9.17) is 0 Å². The highest BCUT2D eigenvalue weighted by Gasteiger charge is 2.15. The van der Waals surface area contributed by atoms with Gasteiger partial charge in [0.05, 0.1) is 4.90 Å². The summed E-state index contributed by atoms with van der Waals surface area (Å²) in [6.45, 7) is 0. The standard InChI is InChI=1S/C14H8I2O3S/c15-13-8-4-1-2-5-9(8)14(16)12-10(13)6-3-7-11(12)20(17,18)19/h1-7H,(H,17,18,19)/p-1. The lowest BCUT2D eigenvalue weighted by molar-refractivity contribution is 0.464. The van der Waals surface area contributed by atoms with E-state index in [1.54, 1.807) is 6.07 Å². The van der Waals surface area contributed by atoms with Gasteiger partial charge in [-0.05, 0) is 67.4 Å². The fraction of sp³-hybridized carbons (Fsp3) is 0. The number of hydrogen-bond donors (Lipinski definition) is 0. The molecule has 3 aromatic carbocycles. The molecule has 6 heteroatoms. The molecule has 0 heterocycles. The first-order chi connectivity index (χ1) is 9.41. The van der Waals surface area contributed by atoms with Gasteiger partial charge >= 0.3 is 0 Å². The maximum absolute atomic E-state index is 11.5. The zero-order valence-corrected chi connectivity index (χ0v) is 15.1. The molecule has 0 amide bonds. The molecule has 0 saturated carbocycles. The van der Waals surface area contributed by atoms with Crippen molar-refractivity contribution >= 4 is 76.8 Å². The molecular weight excluding hydrogens is 502 g/mol. The van der Waals surface area contributed by atoms with Gasteiger partial charge in [-0.25, -0.2) is 8.42 Å². The van der Waals surface area contributed by atoms with Crippen molar-refractivity contribution in [1.29, 1.82) is 0 Å². The zero-order chi connectivity index (χ0) is 14.5. The van der Waals surface area contributed by atoms with Crippen molar-refractivity contribution in [3.63, 3.8) is 0 Å². The van der Waals surface area contributed by atoms with E-state index in [0.717, 1.165) is 23.3 Å². The lowest BCUT2D eigenvalue weighted by atomic mass is 10.0. The zero-order valence-electron chi connectivity index (χ0n) is 9.93. The quantitative estimate of drug-likeness (QED) is 0.282. The van der Waals surface area contributed by atoms with Gasteiger partial charge in [-0.3, -0.25) is 0 Å². The third-order valence-corrected chi connectivity index (χ3v) is 6.31. The molecule has 0 atom stereocenters. The Morgan fingerprint density at radius 1 is 0.800 bits per heavy atom. The molecule has 0 aliphatic carbocycles. The van der Waals surface area contributed by atoms with E-state index < -0.39 is 10.1 Å². The van der Waals surface area contributed by atoms with Gasteiger partial charge in [-0.15, -0.1) is 0 Å². The second kappa shape index (κ2) is 5.08. The Morgan fingerprint density at radius 2 is 1.35 bits per heavy atom. The second-order valence-corrected chi connectivity index (χ2v) is 7.81. The van der Waals surface area contributed by atoms with Crippen molar-refractivity contribution in [1.82, 2.24) is 0 Å². The molecule has 0 saturated heterocycles. The predicted molar refractivity (Wildman–Crippen MR) is 94.9 cm³/mol. The Kier molecular flexibility index (Phi) is 3.68. The Hall–Kier alpha value is -0.450. The summed E-state index contributed by atoms with van der Waals surface area (Å²) < 4.78 is 36.2. The molecule has 0 spiro atoms. The molecule has 3 nitrogen and oxygen atoms in total. The lowest BCUT2D eigenvalue weighted by Gasteiger charge is -2.15. The molecule has 0 radical (unpaired) electrons. The summed E-state index contributed by atoms with van der Waals surface area (Å²) in [5.41, 5.74) is 0. The summed E-state index contributed by atoms with van der Waals surface area (Å²) in [5.74, 6) is 0. The van der Waals surface area contributed by atoms with E-state index in [2.05, 4.69) is 45.2 Å². The van der Waals surface area contributed by atoms with Gasteiger partial charge in [-0.2, -0.15) is 0 Å². The third kappa shape index (κ3) is 2.22. The van der Waals surface area contributed by atoms with Gasteiger partial charge in [0, 0.05) is 12.5 Å². The number of fused-ring (bicyclic) bond motifs is 2. The van der Waals surface area contributed by atoms with Crippen LogP contribution in [-0.4, -0.2) is 13.0 Å². The number of halogens is 2. The molecule has 3 aromatic rings. The summed E-state index contributed by atoms with van der Waals surface area (Å²) in [6.07, 6.45) is 0. The van der Waals surface area contributed by atoms with Crippen molar-refractivity contribution in [2.24, 2.45) is 0 Å². The maximum atomic E-state index is 11.5. The topological polar surface area (TPSA) is 57.2 Å². The van der Waals surface area contributed by atoms with E-state index in [0.29, 0.717) is 5.39 Å². The first-order valence-corrected chi connectivity index (χ1v) is 9.22. The molecule has 0 fully saturated rings. The van der Waals surface area contributed by atoms with Crippen LogP contribution in [0.4, 0.5) is 0 Å². The van der Waals surface area contributed by atoms with Crippen LogP contribution in [0, 0.1) is 7.14 Å². The highest BCUT2D eigenvalue weighted by atomic mass is 127. The average Bonchev–Trinajstić information content (AvgIpc) is 2.43. The summed E-state index contributed by atoms with van der Waals surface area (Å²) in [7, 11) is -4.50. The minimum atomic E-state index is -4.50. The number of benzene rings is 3. The molecule has 3 rings (SSSR count). The van der Waals surface area contributed by atoms with E-state index in [1.807, 2.05) is 30.3 Å². The molecule has 0 unspecified atom stereocenters. The summed E-state index contributed by atoms with van der Waals surface area (Å²) in [4.78, 5) is -0.150. The molecular formula is C14H7I2O3S-. The predicted octanol–water partition coefficient (Wildman–Crippen LogP) is 4.11. The Morgan fingerprint density at radius 3 is 1.95 bits per heavy atom. The van der Waals surface area contributed by atoms with Crippen LogP contribution in [-0.2, 0) is 10.1 Å². The fourth-order valence-electron chi connectivity index (χ4n) is 2.29. The van der Waals surface area contributed by atoms with Crippen LogP contribution in [0.3, 0.4) is 0 Å². The normalized spacial score (nSPS) is 12.2. The minimum absolute atomic E-state index is 0.150. The van der Waals surface area contributed by atoms with Crippen LogP contribution < -0.4 is 0 Å². The fourth-order valence-corrected chi connectivity index (χ4v) is 5.16.